The first-order chi connectivity index (χ1) is 14.6. The molecule has 156 valence electrons. The molecule has 0 radical (unpaired) electrons. The standard InChI is InChI=1S/C25H28N2O2S/c1-2-27-11-9-16(10-12-27)25-26-21-8-7-18(14-24(21)30-25)22(28)15-20-19-6-4-3-5-17(19)13-23(20)29/h3-8,14,16,20,23,29H,2,9-13,15H2,1H3/t20-,23+/m1/s1. The van der Waals surface area contributed by atoms with Crippen molar-refractivity contribution in [3.05, 3.63) is 64.2 Å². The number of rotatable bonds is 5. The molecule has 5 rings (SSSR count). The molecule has 1 aliphatic carbocycles. The highest BCUT2D eigenvalue weighted by atomic mass is 32.1. The molecule has 0 bridgehead atoms. The number of hydrogen-bond donors (Lipinski definition) is 1. The van der Waals surface area contributed by atoms with Crippen molar-refractivity contribution >= 4 is 27.3 Å². The Balaban J connectivity index is 1.33. The summed E-state index contributed by atoms with van der Waals surface area (Å²) in [5, 5.41) is 11.7. The molecule has 3 aromatic rings. The van der Waals surface area contributed by atoms with E-state index in [0.717, 1.165) is 41.0 Å². The van der Waals surface area contributed by atoms with Crippen LogP contribution in [0.5, 0.6) is 0 Å². The number of carbonyl (C=O) groups excluding carboxylic acids is 1. The molecular formula is C25H28N2O2S. The van der Waals surface area contributed by atoms with E-state index in [1.165, 1.54) is 23.4 Å². The zero-order valence-corrected chi connectivity index (χ0v) is 18.2. The monoisotopic (exact) mass is 420 g/mol. The zero-order chi connectivity index (χ0) is 20.7. The van der Waals surface area contributed by atoms with Gasteiger partial charge in [0.1, 0.15) is 0 Å². The number of aliphatic hydroxyl groups excluding tert-OH is 1. The number of likely N-dealkylation sites (tertiary alicyclic amines) is 1. The van der Waals surface area contributed by atoms with Gasteiger partial charge in [-0.15, -0.1) is 11.3 Å². The van der Waals surface area contributed by atoms with Crippen LogP contribution in [0.4, 0.5) is 0 Å². The lowest BCUT2D eigenvalue weighted by molar-refractivity contribution is 0.0921. The van der Waals surface area contributed by atoms with Gasteiger partial charge in [-0.25, -0.2) is 4.98 Å². The van der Waals surface area contributed by atoms with Crippen LogP contribution in [-0.2, 0) is 6.42 Å². The molecule has 0 unspecified atom stereocenters. The van der Waals surface area contributed by atoms with Crippen molar-refractivity contribution in [2.45, 2.75) is 50.5 Å². The van der Waals surface area contributed by atoms with Gasteiger partial charge in [0.25, 0.3) is 0 Å². The van der Waals surface area contributed by atoms with Crippen molar-refractivity contribution < 1.29 is 9.90 Å². The Morgan fingerprint density at radius 2 is 2.00 bits per heavy atom. The van der Waals surface area contributed by atoms with Gasteiger partial charge in [0.05, 0.1) is 21.3 Å². The van der Waals surface area contributed by atoms with Gasteiger partial charge in [-0.05, 0) is 68.2 Å². The number of thiazole rings is 1. The number of piperidine rings is 1. The fourth-order valence-corrected chi connectivity index (χ4v) is 6.18. The molecule has 5 heteroatoms. The molecule has 0 spiro atoms. The third kappa shape index (κ3) is 3.70. The molecule has 1 aromatic heterocycles. The summed E-state index contributed by atoms with van der Waals surface area (Å²) in [5.41, 5.74) is 4.02. The van der Waals surface area contributed by atoms with E-state index in [4.69, 9.17) is 4.98 Å². The van der Waals surface area contributed by atoms with Crippen LogP contribution in [0.2, 0.25) is 0 Å². The number of hydrogen-bond acceptors (Lipinski definition) is 5. The minimum Gasteiger partial charge on any atom is -0.392 e. The molecule has 2 aromatic carbocycles. The summed E-state index contributed by atoms with van der Waals surface area (Å²) in [4.78, 5) is 20.4. The molecular weight excluding hydrogens is 392 g/mol. The van der Waals surface area contributed by atoms with E-state index in [-0.39, 0.29) is 11.7 Å². The van der Waals surface area contributed by atoms with Crippen molar-refractivity contribution in [3.8, 4) is 0 Å². The molecule has 2 atom stereocenters. The van der Waals surface area contributed by atoms with Crippen LogP contribution in [0.15, 0.2) is 42.5 Å². The van der Waals surface area contributed by atoms with E-state index in [0.29, 0.717) is 18.8 Å². The Labute approximate surface area is 181 Å². The van der Waals surface area contributed by atoms with Gasteiger partial charge in [-0.3, -0.25) is 4.79 Å². The maximum atomic E-state index is 13.0. The van der Waals surface area contributed by atoms with E-state index in [1.807, 2.05) is 36.4 Å². The summed E-state index contributed by atoms with van der Waals surface area (Å²) in [6.45, 7) is 5.63. The molecule has 1 N–H and O–H groups in total. The van der Waals surface area contributed by atoms with E-state index in [2.05, 4.69) is 17.9 Å². The van der Waals surface area contributed by atoms with Crippen LogP contribution >= 0.6 is 11.3 Å². The van der Waals surface area contributed by atoms with Crippen LogP contribution in [0, 0.1) is 0 Å². The number of carbonyl (C=O) groups is 1. The van der Waals surface area contributed by atoms with Crippen molar-refractivity contribution in [3.63, 3.8) is 0 Å². The Bertz CT molecular complexity index is 1070. The molecule has 30 heavy (non-hydrogen) atoms. The fraction of sp³-hybridized carbons (Fsp3) is 0.440. The summed E-state index contributed by atoms with van der Waals surface area (Å²) >= 11 is 1.74. The first kappa shape index (κ1) is 19.9. The Morgan fingerprint density at radius 3 is 2.80 bits per heavy atom. The molecule has 0 saturated carbocycles. The van der Waals surface area contributed by atoms with E-state index < -0.39 is 6.10 Å². The first-order valence-electron chi connectivity index (χ1n) is 11.0. The lowest BCUT2D eigenvalue weighted by Crippen LogP contribution is -2.32. The maximum Gasteiger partial charge on any atom is 0.163 e. The quantitative estimate of drug-likeness (QED) is 0.604. The van der Waals surface area contributed by atoms with Crippen LogP contribution in [0.1, 0.15) is 64.5 Å². The molecule has 2 heterocycles. The predicted molar refractivity (Wildman–Crippen MR) is 122 cm³/mol. The highest BCUT2D eigenvalue weighted by Crippen LogP contribution is 2.37. The second kappa shape index (κ2) is 8.22. The number of fused-ring (bicyclic) bond motifs is 2. The molecule has 1 aliphatic heterocycles. The van der Waals surface area contributed by atoms with Gasteiger partial charge in [-0.2, -0.15) is 0 Å². The summed E-state index contributed by atoms with van der Waals surface area (Å²) in [5.74, 6) is 0.531. The topological polar surface area (TPSA) is 53.4 Å². The second-order valence-corrected chi connectivity index (χ2v) is 9.71. The summed E-state index contributed by atoms with van der Waals surface area (Å²) in [7, 11) is 0. The third-order valence-corrected chi connectivity index (χ3v) is 8.05. The molecule has 0 amide bonds. The zero-order valence-electron chi connectivity index (χ0n) is 17.4. The summed E-state index contributed by atoms with van der Waals surface area (Å²) < 4.78 is 1.10. The highest BCUT2D eigenvalue weighted by Gasteiger charge is 2.32. The lowest BCUT2D eigenvalue weighted by Gasteiger charge is -2.29. The lowest BCUT2D eigenvalue weighted by atomic mass is 9.92. The maximum absolute atomic E-state index is 13.0. The second-order valence-electron chi connectivity index (χ2n) is 8.65. The molecule has 1 saturated heterocycles. The average molecular weight is 421 g/mol. The van der Waals surface area contributed by atoms with Gasteiger partial charge in [0.15, 0.2) is 5.78 Å². The smallest absolute Gasteiger partial charge is 0.163 e. The van der Waals surface area contributed by atoms with Crippen molar-refractivity contribution in [2.75, 3.05) is 19.6 Å². The number of Topliss-reactive ketones (excluding diaryl/α,β-unsaturated/α-hetero) is 1. The molecule has 1 fully saturated rings. The average Bonchev–Trinajstić information content (AvgIpc) is 3.34. The van der Waals surface area contributed by atoms with Gasteiger partial charge < -0.3 is 10.0 Å². The minimum absolute atomic E-state index is 0.101. The van der Waals surface area contributed by atoms with Crippen LogP contribution in [0.25, 0.3) is 10.2 Å². The van der Waals surface area contributed by atoms with Crippen molar-refractivity contribution in [1.82, 2.24) is 9.88 Å². The van der Waals surface area contributed by atoms with Crippen molar-refractivity contribution in [1.29, 1.82) is 0 Å². The number of aliphatic hydroxyl groups is 1. The minimum atomic E-state index is -0.473. The van der Waals surface area contributed by atoms with E-state index in [9.17, 15) is 9.90 Å². The number of aromatic nitrogens is 1. The van der Waals surface area contributed by atoms with Gasteiger partial charge >= 0.3 is 0 Å². The highest BCUT2D eigenvalue weighted by molar-refractivity contribution is 7.18. The molecule has 4 nitrogen and oxygen atoms in total. The molecule has 2 aliphatic rings. The van der Waals surface area contributed by atoms with Gasteiger partial charge in [0.2, 0.25) is 0 Å². The summed E-state index contributed by atoms with van der Waals surface area (Å²) in [6, 6.07) is 14.0. The Hall–Kier alpha value is -2.08. The van der Waals surface area contributed by atoms with Crippen LogP contribution < -0.4 is 0 Å². The number of nitrogens with zero attached hydrogens (tertiary/aromatic N) is 2. The normalized spacial score (nSPS) is 22.5. The first-order valence-corrected chi connectivity index (χ1v) is 11.9. The number of ketones is 1. The van der Waals surface area contributed by atoms with E-state index in [1.54, 1.807) is 11.3 Å². The Morgan fingerprint density at radius 1 is 1.20 bits per heavy atom. The van der Waals surface area contributed by atoms with Gasteiger partial charge in [-0.1, -0.05) is 31.2 Å². The van der Waals surface area contributed by atoms with Crippen LogP contribution in [-0.4, -0.2) is 46.5 Å². The summed E-state index contributed by atoms with van der Waals surface area (Å²) in [6.07, 6.45) is 2.85. The predicted octanol–water partition coefficient (Wildman–Crippen LogP) is 4.77. The largest absolute Gasteiger partial charge is 0.392 e. The van der Waals surface area contributed by atoms with E-state index >= 15 is 0 Å². The Kier molecular flexibility index (Phi) is 5.44. The number of benzene rings is 2. The van der Waals surface area contributed by atoms with Crippen LogP contribution in [0.3, 0.4) is 0 Å². The van der Waals surface area contributed by atoms with Gasteiger partial charge in [0, 0.05) is 23.8 Å². The third-order valence-electron chi connectivity index (χ3n) is 6.86. The SMILES string of the molecule is CCN1CCC(c2nc3ccc(C(=O)C[C@@H]4c5ccccc5C[C@@H]4O)cc3s2)CC1. The van der Waals surface area contributed by atoms with Crippen molar-refractivity contribution in [2.24, 2.45) is 0 Å². The fourth-order valence-electron chi connectivity index (χ4n) is 5.01.